The van der Waals surface area contributed by atoms with Gasteiger partial charge in [-0.25, -0.2) is 4.57 Å². The van der Waals surface area contributed by atoms with Gasteiger partial charge in [-0.15, -0.1) is 0 Å². The number of aliphatic hydroxyl groups is 2. The lowest BCUT2D eigenvalue weighted by molar-refractivity contribution is -0.161. The van der Waals surface area contributed by atoms with Gasteiger partial charge in [0.05, 0.1) is 19.8 Å². The summed E-state index contributed by atoms with van der Waals surface area (Å²) in [6, 6.07) is 0. The number of hydrogen-bond donors (Lipinski definition) is 3. The van der Waals surface area contributed by atoms with Crippen molar-refractivity contribution in [1.29, 1.82) is 0 Å². The summed E-state index contributed by atoms with van der Waals surface area (Å²) in [5, 5.41) is 18.3. The van der Waals surface area contributed by atoms with E-state index in [1.165, 1.54) is 83.5 Å². The number of aliphatic hydroxyl groups excluding tert-OH is 2. The summed E-state index contributed by atoms with van der Waals surface area (Å²) in [6.07, 6.45) is 42.2. The van der Waals surface area contributed by atoms with Gasteiger partial charge in [-0.1, -0.05) is 140 Å². The van der Waals surface area contributed by atoms with Crippen LogP contribution in [0.5, 0.6) is 0 Å². The SMILES string of the molecule is CCCCC/C=C/C/C=C/CCCCCCCCCC(=O)OC[C@H](COP(=O)(O)OC[C@@H](O)CO)OC(=O)CCCC/C=C/C/C=C/CCCCCCCC. The van der Waals surface area contributed by atoms with E-state index in [1.807, 2.05) is 0 Å². The average molecular weight is 799 g/mol. The van der Waals surface area contributed by atoms with E-state index in [4.69, 9.17) is 19.1 Å². The van der Waals surface area contributed by atoms with E-state index in [1.54, 1.807) is 0 Å². The van der Waals surface area contributed by atoms with E-state index in [2.05, 4.69) is 67.0 Å². The van der Waals surface area contributed by atoms with E-state index < -0.39 is 51.8 Å². The Bertz CT molecular complexity index is 1060. The van der Waals surface area contributed by atoms with E-state index in [0.717, 1.165) is 57.8 Å². The average Bonchev–Trinajstić information content (AvgIpc) is 3.17. The molecule has 10 nitrogen and oxygen atoms in total. The minimum absolute atomic E-state index is 0.139. The molecule has 3 N–H and O–H groups in total. The minimum Gasteiger partial charge on any atom is -0.462 e. The van der Waals surface area contributed by atoms with Gasteiger partial charge >= 0.3 is 19.8 Å². The van der Waals surface area contributed by atoms with Crippen molar-refractivity contribution in [2.45, 2.75) is 193 Å². The van der Waals surface area contributed by atoms with E-state index in [9.17, 15) is 24.2 Å². The molecule has 0 fully saturated rings. The minimum atomic E-state index is -4.63. The molecule has 0 aliphatic rings. The molecule has 320 valence electrons. The van der Waals surface area contributed by atoms with Gasteiger partial charge in [-0.3, -0.25) is 18.6 Å². The van der Waals surface area contributed by atoms with Gasteiger partial charge in [0.2, 0.25) is 0 Å². The monoisotopic (exact) mass is 799 g/mol. The van der Waals surface area contributed by atoms with Crippen LogP contribution in [0.3, 0.4) is 0 Å². The first kappa shape index (κ1) is 52.9. The molecule has 0 aromatic carbocycles. The van der Waals surface area contributed by atoms with Crippen molar-refractivity contribution in [2.24, 2.45) is 0 Å². The molecule has 1 unspecified atom stereocenters. The maximum absolute atomic E-state index is 12.6. The molecule has 0 saturated heterocycles. The molecule has 0 radical (unpaired) electrons. The maximum atomic E-state index is 12.6. The van der Waals surface area contributed by atoms with Crippen molar-refractivity contribution in [3.8, 4) is 0 Å². The Labute approximate surface area is 334 Å². The molecule has 0 spiro atoms. The standard InChI is InChI=1S/C44H79O10P/c1-3-5-7-9-11-13-15-17-19-20-22-23-25-27-29-31-33-35-43(47)51-39-42(40-53-55(49,50)52-38-41(46)37-45)54-44(48)36-34-32-30-28-26-24-21-18-16-14-12-10-8-6-4-2/h11,13,17-19,21,26,28,41-42,45-46H,3-10,12,14-16,20,22-25,27,29-40H2,1-2H3,(H,49,50)/b13-11+,19-17+,21-18+,28-26+/t41-,42+/m0/s1. The lowest BCUT2D eigenvalue weighted by Crippen LogP contribution is -2.29. The van der Waals surface area contributed by atoms with Crippen LogP contribution in [0.1, 0.15) is 181 Å². The maximum Gasteiger partial charge on any atom is 0.472 e. The highest BCUT2D eigenvalue weighted by Gasteiger charge is 2.27. The van der Waals surface area contributed by atoms with Crippen LogP contribution in [0.25, 0.3) is 0 Å². The molecule has 0 bridgehead atoms. The van der Waals surface area contributed by atoms with Gasteiger partial charge in [0.25, 0.3) is 0 Å². The van der Waals surface area contributed by atoms with Crippen LogP contribution in [0.4, 0.5) is 0 Å². The molecule has 0 aromatic heterocycles. The van der Waals surface area contributed by atoms with Crippen molar-refractivity contribution in [3.05, 3.63) is 48.6 Å². The van der Waals surface area contributed by atoms with Crippen molar-refractivity contribution in [2.75, 3.05) is 26.4 Å². The summed E-state index contributed by atoms with van der Waals surface area (Å²) in [5.41, 5.74) is 0. The first-order valence-electron chi connectivity index (χ1n) is 21.6. The first-order chi connectivity index (χ1) is 26.7. The van der Waals surface area contributed by atoms with Crippen LogP contribution in [0.2, 0.25) is 0 Å². The van der Waals surface area contributed by atoms with Gasteiger partial charge in [0.1, 0.15) is 12.7 Å². The van der Waals surface area contributed by atoms with Crippen LogP contribution < -0.4 is 0 Å². The molecule has 55 heavy (non-hydrogen) atoms. The second-order valence-electron chi connectivity index (χ2n) is 14.4. The zero-order valence-corrected chi connectivity index (χ0v) is 35.5. The number of allylic oxidation sites excluding steroid dienone is 8. The van der Waals surface area contributed by atoms with Gasteiger partial charge in [-0.2, -0.15) is 0 Å². The number of ether oxygens (including phenoxy) is 2. The summed E-state index contributed by atoms with van der Waals surface area (Å²) >= 11 is 0. The fourth-order valence-corrected chi connectivity index (χ4v) is 6.37. The Balaban J connectivity index is 4.36. The molecule has 11 heteroatoms. The van der Waals surface area contributed by atoms with Gasteiger partial charge in [-0.05, 0) is 77.0 Å². The third kappa shape index (κ3) is 39.9. The van der Waals surface area contributed by atoms with Crippen molar-refractivity contribution in [3.63, 3.8) is 0 Å². The largest absolute Gasteiger partial charge is 0.472 e. The zero-order valence-electron chi connectivity index (χ0n) is 34.6. The van der Waals surface area contributed by atoms with Crippen LogP contribution in [-0.2, 0) is 32.7 Å². The molecule has 0 aromatic rings. The Morgan fingerprint density at radius 2 is 0.945 bits per heavy atom. The number of carbonyl (C=O) groups is 2. The topological polar surface area (TPSA) is 149 Å². The molecule has 3 atom stereocenters. The van der Waals surface area contributed by atoms with Crippen LogP contribution >= 0.6 is 7.82 Å². The number of unbranched alkanes of at least 4 members (excludes halogenated alkanes) is 18. The summed E-state index contributed by atoms with van der Waals surface area (Å²) in [4.78, 5) is 35.0. The number of carbonyl (C=O) groups excluding carboxylic acids is 2. The molecule has 0 saturated carbocycles. The highest BCUT2D eigenvalue weighted by Crippen LogP contribution is 2.43. The summed E-state index contributed by atoms with van der Waals surface area (Å²) in [7, 11) is -4.63. The van der Waals surface area contributed by atoms with E-state index >= 15 is 0 Å². The number of phosphoric ester groups is 1. The van der Waals surface area contributed by atoms with Crippen molar-refractivity contribution < 1.29 is 47.8 Å². The Morgan fingerprint density at radius 3 is 1.47 bits per heavy atom. The molecular weight excluding hydrogens is 719 g/mol. The van der Waals surface area contributed by atoms with Crippen LogP contribution in [0.15, 0.2) is 48.6 Å². The number of phosphoric acid groups is 1. The fraction of sp³-hybridized carbons (Fsp3) is 0.773. The quantitative estimate of drug-likeness (QED) is 0.0237. The van der Waals surface area contributed by atoms with Gasteiger partial charge in [0, 0.05) is 12.8 Å². The summed E-state index contributed by atoms with van der Waals surface area (Å²) < 4.78 is 32.7. The van der Waals surface area contributed by atoms with Gasteiger partial charge in [0.15, 0.2) is 6.10 Å². The number of hydrogen-bond acceptors (Lipinski definition) is 9. The number of rotatable bonds is 40. The zero-order chi connectivity index (χ0) is 40.5. The molecule has 0 rings (SSSR count). The molecule has 0 heterocycles. The van der Waals surface area contributed by atoms with E-state index in [-0.39, 0.29) is 19.4 Å². The predicted octanol–water partition coefficient (Wildman–Crippen LogP) is 11.3. The molecule has 0 aliphatic carbocycles. The lowest BCUT2D eigenvalue weighted by Gasteiger charge is -2.20. The van der Waals surface area contributed by atoms with Crippen LogP contribution in [-0.4, -0.2) is 65.7 Å². The highest BCUT2D eigenvalue weighted by atomic mass is 31.2. The summed E-state index contributed by atoms with van der Waals surface area (Å²) in [5.74, 6) is -0.973. The smallest absolute Gasteiger partial charge is 0.462 e. The van der Waals surface area contributed by atoms with Crippen LogP contribution in [0, 0.1) is 0 Å². The predicted molar refractivity (Wildman–Crippen MR) is 224 cm³/mol. The third-order valence-corrected chi connectivity index (χ3v) is 9.91. The Kier molecular flexibility index (Phi) is 38.6. The normalized spacial score (nSPS) is 14.3. The lowest BCUT2D eigenvalue weighted by atomic mass is 10.1. The Morgan fingerprint density at radius 1 is 0.545 bits per heavy atom. The van der Waals surface area contributed by atoms with E-state index in [0.29, 0.717) is 12.8 Å². The van der Waals surface area contributed by atoms with Crippen molar-refractivity contribution >= 4 is 19.8 Å². The second kappa shape index (κ2) is 40.1. The van der Waals surface area contributed by atoms with Gasteiger partial charge < -0.3 is 24.6 Å². The molecule has 0 aliphatic heterocycles. The molecule has 0 amide bonds. The summed E-state index contributed by atoms with van der Waals surface area (Å²) in [6.45, 7) is 2.30. The Hall–Kier alpha value is -2.07. The highest BCUT2D eigenvalue weighted by molar-refractivity contribution is 7.47. The van der Waals surface area contributed by atoms with Crippen molar-refractivity contribution in [1.82, 2.24) is 0 Å². The second-order valence-corrected chi connectivity index (χ2v) is 15.8. The first-order valence-corrected chi connectivity index (χ1v) is 23.1. The number of esters is 2. The fourth-order valence-electron chi connectivity index (χ4n) is 5.58. The third-order valence-electron chi connectivity index (χ3n) is 8.96. The molecular formula is C44H79O10P.